The minimum absolute atomic E-state index is 0.0371. The van der Waals surface area contributed by atoms with Gasteiger partial charge in [0.05, 0.1) is 19.2 Å². The standard InChI is InChI=1S/C23H32N4O2/c1-26-16-19(13-25-26)21-14-24-15-22(21)23(28)27-11-9-18(10-12-27)4-3-17-5-7-20(29-2)8-6-17/h5-8,13,16,18,21-22,24H,3-4,9-12,14-15H2,1-2H3/t21-,22+/m1/s1. The Morgan fingerprint density at radius 3 is 2.62 bits per heavy atom. The van der Waals surface area contributed by atoms with Gasteiger partial charge >= 0.3 is 0 Å². The van der Waals surface area contributed by atoms with Crippen molar-refractivity contribution < 1.29 is 9.53 Å². The van der Waals surface area contributed by atoms with Gasteiger partial charge in [0.25, 0.3) is 0 Å². The molecule has 0 aliphatic carbocycles. The fourth-order valence-corrected chi connectivity index (χ4v) is 4.76. The lowest BCUT2D eigenvalue weighted by atomic mass is 9.87. The molecule has 2 aromatic rings. The first-order valence-electron chi connectivity index (χ1n) is 10.7. The molecule has 2 atom stereocenters. The van der Waals surface area contributed by atoms with Crippen LogP contribution in [0.15, 0.2) is 36.7 Å². The third kappa shape index (κ3) is 4.64. The van der Waals surface area contributed by atoms with Crippen molar-refractivity contribution >= 4 is 5.91 Å². The number of methoxy groups -OCH3 is 1. The molecule has 29 heavy (non-hydrogen) atoms. The van der Waals surface area contributed by atoms with Crippen LogP contribution in [0.1, 0.15) is 36.3 Å². The van der Waals surface area contributed by atoms with Gasteiger partial charge in [-0.2, -0.15) is 5.10 Å². The Labute approximate surface area is 173 Å². The minimum Gasteiger partial charge on any atom is -0.497 e. The van der Waals surface area contributed by atoms with Crippen molar-refractivity contribution in [2.24, 2.45) is 18.9 Å². The molecule has 1 aromatic carbocycles. The Morgan fingerprint density at radius 2 is 1.97 bits per heavy atom. The Morgan fingerprint density at radius 1 is 1.21 bits per heavy atom. The first-order valence-corrected chi connectivity index (χ1v) is 10.7. The average molecular weight is 397 g/mol. The van der Waals surface area contributed by atoms with Crippen LogP contribution in [-0.4, -0.2) is 53.9 Å². The van der Waals surface area contributed by atoms with Gasteiger partial charge < -0.3 is 15.0 Å². The molecule has 0 bridgehead atoms. The second-order valence-corrected chi connectivity index (χ2v) is 8.47. The summed E-state index contributed by atoms with van der Waals surface area (Å²) in [6, 6.07) is 8.38. The van der Waals surface area contributed by atoms with Crippen molar-refractivity contribution in [1.29, 1.82) is 0 Å². The molecule has 3 heterocycles. The molecular formula is C23H32N4O2. The summed E-state index contributed by atoms with van der Waals surface area (Å²) in [4.78, 5) is 15.3. The zero-order valence-electron chi connectivity index (χ0n) is 17.5. The highest BCUT2D eigenvalue weighted by molar-refractivity contribution is 5.80. The van der Waals surface area contributed by atoms with Gasteiger partial charge in [0.2, 0.25) is 5.91 Å². The number of ether oxygens (including phenoxy) is 1. The Bertz CT molecular complexity index is 809. The molecule has 0 radical (unpaired) electrons. The summed E-state index contributed by atoms with van der Waals surface area (Å²) < 4.78 is 7.05. The maximum Gasteiger partial charge on any atom is 0.227 e. The molecule has 0 unspecified atom stereocenters. The third-order valence-electron chi connectivity index (χ3n) is 6.61. The van der Waals surface area contributed by atoms with E-state index in [0.717, 1.165) is 51.2 Å². The molecule has 2 aliphatic heterocycles. The first kappa shape index (κ1) is 20.0. The highest BCUT2D eigenvalue weighted by Gasteiger charge is 2.37. The van der Waals surface area contributed by atoms with Crippen molar-refractivity contribution in [3.05, 3.63) is 47.8 Å². The second kappa shape index (κ2) is 8.99. The van der Waals surface area contributed by atoms with E-state index < -0.39 is 0 Å². The number of benzene rings is 1. The number of piperidine rings is 1. The summed E-state index contributed by atoms with van der Waals surface area (Å²) in [5, 5.41) is 7.70. The predicted molar refractivity (Wildman–Crippen MR) is 113 cm³/mol. The number of nitrogens with zero attached hydrogens (tertiary/aromatic N) is 3. The van der Waals surface area contributed by atoms with Gasteiger partial charge in [-0.25, -0.2) is 0 Å². The van der Waals surface area contributed by atoms with Crippen molar-refractivity contribution in [2.75, 3.05) is 33.3 Å². The number of hydrogen-bond acceptors (Lipinski definition) is 4. The summed E-state index contributed by atoms with van der Waals surface area (Å²) in [6.07, 6.45) is 8.46. The highest BCUT2D eigenvalue weighted by Crippen LogP contribution is 2.31. The van der Waals surface area contributed by atoms with Crippen molar-refractivity contribution in [2.45, 2.75) is 31.6 Å². The normalized spacial score (nSPS) is 22.8. The lowest BCUT2D eigenvalue weighted by Gasteiger charge is -2.34. The molecule has 0 saturated carbocycles. The first-order chi connectivity index (χ1) is 14.1. The van der Waals surface area contributed by atoms with Crippen LogP contribution in [0.2, 0.25) is 0 Å². The molecule has 1 amide bonds. The maximum absolute atomic E-state index is 13.2. The van der Waals surface area contributed by atoms with Gasteiger partial charge in [0.1, 0.15) is 5.75 Å². The molecule has 2 saturated heterocycles. The summed E-state index contributed by atoms with van der Waals surface area (Å²) in [7, 11) is 3.63. The topological polar surface area (TPSA) is 59.4 Å². The molecule has 1 aromatic heterocycles. The van der Waals surface area contributed by atoms with Crippen LogP contribution >= 0.6 is 0 Å². The smallest absolute Gasteiger partial charge is 0.227 e. The zero-order valence-corrected chi connectivity index (χ0v) is 17.5. The van der Waals surface area contributed by atoms with Gasteiger partial charge in [-0.05, 0) is 54.9 Å². The zero-order chi connectivity index (χ0) is 20.2. The lowest BCUT2D eigenvalue weighted by molar-refractivity contribution is -0.136. The molecule has 1 N–H and O–H groups in total. The van der Waals surface area contributed by atoms with Gasteiger partial charge in [-0.15, -0.1) is 0 Å². The highest BCUT2D eigenvalue weighted by atomic mass is 16.5. The SMILES string of the molecule is COc1ccc(CCC2CCN(C(=O)[C@H]3CNC[C@@H]3c3cnn(C)c3)CC2)cc1. The van der Waals surface area contributed by atoms with Crippen LogP contribution in [0, 0.1) is 11.8 Å². The van der Waals surface area contributed by atoms with Gasteiger partial charge in [0.15, 0.2) is 0 Å². The number of aromatic nitrogens is 2. The van der Waals surface area contributed by atoms with Crippen LogP contribution in [-0.2, 0) is 18.3 Å². The lowest BCUT2D eigenvalue weighted by Crippen LogP contribution is -2.43. The van der Waals surface area contributed by atoms with Crippen LogP contribution in [0.3, 0.4) is 0 Å². The number of likely N-dealkylation sites (tertiary alicyclic amines) is 1. The number of hydrogen-bond donors (Lipinski definition) is 1. The molecule has 4 rings (SSSR count). The summed E-state index contributed by atoms with van der Waals surface area (Å²) in [6.45, 7) is 3.42. The van der Waals surface area contributed by atoms with Crippen LogP contribution in [0.4, 0.5) is 0 Å². The molecule has 0 spiro atoms. The van der Waals surface area contributed by atoms with E-state index >= 15 is 0 Å². The van der Waals surface area contributed by atoms with Gasteiger partial charge in [-0.1, -0.05) is 12.1 Å². The van der Waals surface area contributed by atoms with E-state index in [1.54, 1.807) is 7.11 Å². The quantitative estimate of drug-likeness (QED) is 0.815. The largest absolute Gasteiger partial charge is 0.497 e. The molecule has 2 aliphatic rings. The van der Waals surface area contributed by atoms with E-state index in [4.69, 9.17) is 4.74 Å². The van der Waals surface area contributed by atoms with E-state index in [9.17, 15) is 4.79 Å². The molecule has 156 valence electrons. The fourth-order valence-electron chi connectivity index (χ4n) is 4.76. The second-order valence-electron chi connectivity index (χ2n) is 8.47. The number of amides is 1. The summed E-state index contributed by atoms with van der Waals surface area (Å²) in [5.74, 6) is 2.21. The molecule has 2 fully saturated rings. The number of rotatable bonds is 6. The Balaban J connectivity index is 1.27. The van der Waals surface area contributed by atoms with E-state index in [1.807, 2.05) is 36.3 Å². The van der Waals surface area contributed by atoms with Crippen LogP contribution in [0.5, 0.6) is 5.75 Å². The summed E-state index contributed by atoms with van der Waals surface area (Å²) in [5.41, 5.74) is 2.53. The van der Waals surface area contributed by atoms with Crippen LogP contribution in [0.25, 0.3) is 0 Å². The predicted octanol–water partition coefficient (Wildman–Crippen LogP) is 2.60. The van der Waals surface area contributed by atoms with E-state index in [0.29, 0.717) is 11.8 Å². The third-order valence-corrected chi connectivity index (χ3v) is 6.61. The minimum atomic E-state index is 0.0371. The van der Waals surface area contributed by atoms with E-state index in [1.165, 1.54) is 17.5 Å². The number of nitrogens with one attached hydrogen (secondary N) is 1. The fraction of sp³-hybridized carbons (Fsp3) is 0.565. The van der Waals surface area contributed by atoms with Gasteiger partial charge in [0, 0.05) is 45.3 Å². The van der Waals surface area contributed by atoms with E-state index in [2.05, 4.69) is 27.4 Å². The average Bonchev–Trinajstić information content (AvgIpc) is 3.41. The van der Waals surface area contributed by atoms with Gasteiger partial charge in [-0.3, -0.25) is 9.48 Å². The number of carbonyl (C=O) groups excluding carboxylic acids is 1. The number of carbonyl (C=O) groups is 1. The molecule has 6 heteroatoms. The monoisotopic (exact) mass is 396 g/mol. The van der Waals surface area contributed by atoms with Crippen molar-refractivity contribution in [3.63, 3.8) is 0 Å². The Kier molecular flexibility index (Phi) is 6.19. The summed E-state index contributed by atoms with van der Waals surface area (Å²) >= 11 is 0. The van der Waals surface area contributed by atoms with Crippen LogP contribution < -0.4 is 10.1 Å². The van der Waals surface area contributed by atoms with Crippen molar-refractivity contribution in [1.82, 2.24) is 20.0 Å². The Hall–Kier alpha value is -2.34. The number of aryl methyl sites for hydroxylation is 2. The molecule has 6 nitrogen and oxygen atoms in total. The molecular weight excluding hydrogens is 364 g/mol. The van der Waals surface area contributed by atoms with E-state index in [-0.39, 0.29) is 11.8 Å². The van der Waals surface area contributed by atoms with Crippen molar-refractivity contribution in [3.8, 4) is 5.75 Å². The maximum atomic E-state index is 13.2.